The normalized spacial score (nSPS) is 10.1. The average molecular weight is 272 g/mol. The summed E-state index contributed by atoms with van der Waals surface area (Å²) in [5.74, 6) is -0.444. The standard InChI is InChI=1S/C11H10F2N2O4/c1-18-9-6-8(15(16)17)5-7(3-2-4-14)10(9)19-11(12)13/h5-6,11H,2-3H2,1H3. The molecule has 1 rings (SSSR count). The third-order valence-corrected chi connectivity index (χ3v) is 2.26. The van der Waals surface area contributed by atoms with Gasteiger partial charge < -0.3 is 9.47 Å². The van der Waals surface area contributed by atoms with E-state index in [4.69, 9.17) is 10.00 Å². The largest absolute Gasteiger partial charge is 0.493 e. The summed E-state index contributed by atoms with van der Waals surface area (Å²) in [5.41, 5.74) is -0.181. The van der Waals surface area contributed by atoms with Gasteiger partial charge in [0.15, 0.2) is 11.5 Å². The molecule has 0 bridgehead atoms. The van der Waals surface area contributed by atoms with Crippen LogP contribution in [0.2, 0.25) is 0 Å². The number of hydrogen-bond acceptors (Lipinski definition) is 5. The van der Waals surface area contributed by atoms with E-state index >= 15 is 0 Å². The van der Waals surface area contributed by atoms with Gasteiger partial charge in [-0.3, -0.25) is 10.1 Å². The highest BCUT2D eigenvalue weighted by Crippen LogP contribution is 2.37. The van der Waals surface area contributed by atoms with Crippen molar-refractivity contribution in [1.29, 1.82) is 5.26 Å². The van der Waals surface area contributed by atoms with Gasteiger partial charge in [0.25, 0.3) is 5.69 Å². The van der Waals surface area contributed by atoms with Crippen LogP contribution in [0.1, 0.15) is 12.0 Å². The van der Waals surface area contributed by atoms with Crippen molar-refractivity contribution in [1.82, 2.24) is 0 Å². The molecule has 0 fully saturated rings. The predicted octanol–water partition coefficient (Wildman–Crippen LogP) is 2.66. The van der Waals surface area contributed by atoms with Gasteiger partial charge in [0.05, 0.1) is 24.2 Å². The third kappa shape index (κ3) is 3.77. The zero-order valence-electron chi connectivity index (χ0n) is 9.93. The summed E-state index contributed by atoms with van der Waals surface area (Å²) in [7, 11) is 1.19. The SMILES string of the molecule is COc1cc([N+](=O)[O-])cc(CCC#N)c1OC(F)F. The van der Waals surface area contributed by atoms with Gasteiger partial charge in [-0.1, -0.05) is 0 Å². The van der Waals surface area contributed by atoms with Crippen molar-refractivity contribution in [2.45, 2.75) is 19.5 Å². The molecule has 0 amide bonds. The lowest BCUT2D eigenvalue weighted by molar-refractivity contribution is -0.385. The van der Waals surface area contributed by atoms with Crippen LogP contribution < -0.4 is 9.47 Å². The second kappa shape index (κ2) is 6.49. The molecule has 0 radical (unpaired) electrons. The zero-order valence-corrected chi connectivity index (χ0v) is 9.93. The molecule has 8 heteroatoms. The number of aryl methyl sites for hydroxylation is 1. The number of halogens is 2. The number of nitro benzene ring substituents is 1. The summed E-state index contributed by atoms with van der Waals surface area (Å²) >= 11 is 0. The Balaban J connectivity index is 3.30. The van der Waals surface area contributed by atoms with E-state index in [9.17, 15) is 18.9 Å². The van der Waals surface area contributed by atoms with E-state index in [1.54, 1.807) is 0 Å². The van der Waals surface area contributed by atoms with E-state index in [-0.39, 0.29) is 35.6 Å². The molecule has 0 N–H and O–H groups in total. The maximum Gasteiger partial charge on any atom is 0.387 e. The molecule has 19 heavy (non-hydrogen) atoms. The molecule has 0 saturated heterocycles. The van der Waals surface area contributed by atoms with Crippen molar-refractivity contribution in [3.8, 4) is 17.6 Å². The molecule has 0 aliphatic rings. The van der Waals surface area contributed by atoms with E-state index in [1.165, 1.54) is 7.11 Å². The lowest BCUT2D eigenvalue weighted by atomic mass is 10.1. The fourth-order valence-electron chi connectivity index (χ4n) is 1.50. The van der Waals surface area contributed by atoms with Crippen LogP contribution in [-0.2, 0) is 6.42 Å². The summed E-state index contributed by atoms with van der Waals surface area (Å²) in [5, 5.41) is 19.2. The molecule has 0 spiro atoms. The summed E-state index contributed by atoms with van der Waals surface area (Å²) in [6.45, 7) is -3.09. The Kier molecular flexibility index (Phi) is 5.00. The number of nitrogens with zero attached hydrogens (tertiary/aromatic N) is 2. The van der Waals surface area contributed by atoms with Gasteiger partial charge in [-0.15, -0.1) is 0 Å². The fourth-order valence-corrected chi connectivity index (χ4v) is 1.50. The third-order valence-electron chi connectivity index (χ3n) is 2.26. The van der Waals surface area contributed by atoms with Gasteiger partial charge in [-0.25, -0.2) is 0 Å². The maximum absolute atomic E-state index is 12.3. The number of rotatable bonds is 6. The molecule has 0 aliphatic heterocycles. The van der Waals surface area contributed by atoms with E-state index in [0.717, 1.165) is 12.1 Å². The Morgan fingerprint density at radius 3 is 2.68 bits per heavy atom. The maximum atomic E-state index is 12.3. The minimum Gasteiger partial charge on any atom is -0.493 e. The minimum atomic E-state index is -3.09. The molecule has 0 aliphatic carbocycles. The van der Waals surface area contributed by atoms with Gasteiger partial charge in [-0.05, 0) is 6.42 Å². The highest BCUT2D eigenvalue weighted by atomic mass is 19.3. The number of non-ortho nitro benzene ring substituents is 1. The summed E-state index contributed by atoms with van der Waals surface area (Å²) in [4.78, 5) is 10.0. The van der Waals surface area contributed by atoms with Crippen molar-refractivity contribution in [2.75, 3.05) is 7.11 Å². The quantitative estimate of drug-likeness (QED) is 0.587. The predicted molar refractivity (Wildman–Crippen MR) is 60.2 cm³/mol. The number of ether oxygens (including phenoxy) is 2. The molecular weight excluding hydrogens is 262 g/mol. The van der Waals surface area contributed by atoms with Crippen LogP contribution in [0.4, 0.5) is 14.5 Å². The van der Waals surface area contributed by atoms with Crippen LogP contribution in [0.25, 0.3) is 0 Å². The molecule has 0 saturated carbocycles. The first-order valence-corrected chi connectivity index (χ1v) is 5.16. The minimum absolute atomic E-state index is 0.0178. The Hall–Kier alpha value is -2.43. The molecule has 0 atom stereocenters. The van der Waals surface area contributed by atoms with E-state index in [1.807, 2.05) is 6.07 Å². The van der Waals surface area contributed by atoms with Crippen molar-refractivity contribution < 1.29 is 23.2 Å². The molecule has 0 heterocycles. The van der Waals surface area contributed by atoms with Crippen molar-refractivity contribution in [3.63, 3.8) is 0 Å². The highest BCUT2D eigenvalue weighted by Gasteiger charge is 2.20. The van der Waals surface area contributed by atoms with E-state index in [0.29, 0.717) is 0 Å². The van der Waals surface area contributed by atoms with Crippen LogP contribution in [-0.4, -0.2) is 18.6 Å². The molecule has 1 aromatic rings. The van der Waals surface area contributed by atoms with Crippen LogP contribution in [0.5, 0.6) is 11.5 Å². The molecule has 6 nitrogen and oxygen atoms in total. The van der Waals surface area contributed by atoms with Crippen LogP contribution in [0, 0.1) is 21.4 Å². The molecule has 1 aromatic carbocycles. The second-order valence-corrected chi connectivity index (χ2v) is 3.43. The van der Waals surface area contributed by atoms with E-state index in [2.05, 4.69) is 4.74 Å². The number of hydrogen-bond donors (Lipinski definition) is 0. The monoisotopic (exact) mass is 272 g/mol. The van der Waals surface area contributed by atoms with E-state index < -0.39 is 11.5 Å². The van der Waals surface area contributed by atoms with Gasteiger partial charge in [0, 0.05) is 18.1 Å². The first-order valence-electron chi connectivity index (χ1n) is 5.16. The lowest BCUT2D eigenvalue weighted by Gasteiger charge is -2.13. The second-order valence-electron chi connectivity index (χ2n) is 3.43. The van der Waals surface area contributed by atoms with Gasteiger partial charge in [0.1, 0.15) is 0 Å². The van der Waals surface area contributed by atoms with Gasteiger partial charge in [0.2, 0.25) is 0 Å². The summed E-state index contributed by atoms with van der Waals surface area (Å²) in [6, 6.07) is 3.92. The number of benzene rings is 1. The molecular formula is C11H10F2N2O4. The molecule has 102 valence electrons. The van der Waals surface area contributed by atoms with Gasteiger partial charge in [-0.2, -0.15) is 14.0 Å². The Bertz CT molecular complexity index is 514. The number of methoxy groups -OCH3 is 1. The Morgan fingerprint density at radius 2 is 2.21 bits per heavy atom. The number of alkyl halides is 2. The van der Waals surface area contributed by atoms with Crippen molar-refractivity contribution in [3.05, 3.63) is 27.8 Å². The Morgan fingerprint density at radius 1 is 1.53 bits per heavy atom. The number of nitriles is 1. The highest BCUT2D eigenvalue weighted by molar-refractivity contribution is 5.54. The van der Waals surface area contributed by atoms with Crippen LogP contribution in [0.15, 0.2) is 12.1 Å². The van der Waals surface area contributed by atoms with Crippen LogP contribution in [0.3, 0.4) is 0 Å². The Labute approximate surface area is 107 Å². The average Bonchev–Trinajstić information content (AvgIpc) is 2.36. The summed E-state index contributed by atoms with van der Waals surface area (Å²) < 4.78 is 33.8. The fraction of sp³-hybridized carbons (Fsp3) is 0.364. The molecule has 0 aromatic heterocycles. The first-order chi connectivity index (χ1) is 8.99. The smallest absolute Gasteiger partial charge is 0.387 e. The zero-order chi connectivity index (χ0) is 14.4. The van der Waals surface area contributed by atoms with Gasteiger partial charge >= 0.3 is 6.61 Å². The van der Waals surface area contributed by atoms with Crippen molar-refractivity contribution in [2.24, 2.45) is 0 Å². The van der Waals surface area contributed by atoms with Crippen molar-refractivity contribution >= 4 is 5.69 Å². The van der Waals surface area contributed by atoms with Crippen LogP contribution >= 0.6 is 0 Å². The number of nitro groups is 1. The lowest BCUT2D eigenvalue weighted by Crippen LogP contribution is -2.07. The topological polar surface area (TPSA) is 85.4 Å². The molecule has 0 unspecified atom stereocenters. The first kappa shape index (κ1) is 14.6. The summed E-state index contributed by atoms with van der Waals surface area (Å²) in [6.07, 6.45) is 0.0700.